The zero-order valence-electron chi connectivity index (χ0n) is 13.4. The molecule has 1 aromatic heterocycles. The van der Waals surface area contributed by atoms with E-state index in [0.717, 1.165) is 5.56 Å². The molecular formula is C19H18ClNO3. The smallest absolute Gasteiger partial charge is 0.257 e. The Morgan fingerprint density at radius 2 is 2.08 bits per heavy atom. The maximum Gasteiger partial charge on any atom is 0.257 e. The highest BCUT2D eigenvalue weighted by Gasteiger charge is 2.33. The molecule has 2 aromatic rings. The SMILES string of the molecule is Cc1occc1C(=O)N1CCC(O)(C#Cc2cccc(Cl)c2)CC1. The predicted molar refractivity (Wildman–Crippen MR) is 91.9 cm³/mol. The van der Waals surface area contributed by atoms with Crippen LogP contribution in [0.3, 0.4) is 0 Å². The van der Waals surface area contributed by atoms with E-state index in [0.29, 0.717) is 42.3 Å². The number of piperidine rings is 1. The maximum atomic E-state index is 12.4. The van der Waals surface area contributed by atoms with Crippen molar-refractivity contribution in [3.8, 4) is 11.8 Å². The number of halogens is 1. The van der Waals surface area contributed by atoms with Gasteiger partial charge in [-0.3, -0.25) is 4.79 Å². The number of nitrogens with zero attached hydrogens (tertiary/aromatic N) is 1. The van der Waals surface area contributed by atoms with Crippen LogP contribution in [0.2, 0.25) is 5.02 Å². The van der Waals surface area contributed by atoms with E-state index in [2.05, 4.69) is 11.8 Å². The molecule has 1 N–H and O–H groups in total. The highest BCUT2D eigenvalue weighted by atomic mass is 35.5. The fourth-order valence-corrected chi connectivity index (χ4v) is 2.93. The number of amides is 1. The molecule has 1 aliphatic rings. The normalized spacial score (nSPS) is 16.4. The number of aliphatic hydroxyl groups is 1. The van der Waals surface area contributed by atoms with Gasteiger partial charge < -0.3 is 14.4 Å². The number of benzene rings is 1. The Hall–Kier alpha value is -2.22. The first-order valence-corrected chi connectivity index (χ1v) is 8.19. The summed E-state index contributed by atoms with van der Waals surface area (Å²) < 4.78 is 5.18. The third-order valence-corrected chi connectivity index (χ3v) is 4.47. The molecule has 3 rings (SSSR count). The Bertz CT molecular complexity index is 807. The summed E-state index contributed by atoms with van der Waals surface area (Å²) >= 11 is 5.93. The summed E-state index contributed by atoms with van der Waals surface area (Å²) in [7, 11) is 0. The van der Waals surface area contributed by atoms with Crippen molar-refractivity contribution >= 4 is 17.5 Å². The topological polar surface area (TPSA) is 53.7 Å². The number of rotatable bonds is 1. The molecule has 124 valence electrons. The van der Waals surface area contributed by atoms with Crippen molar-refractivity contribution in [3.63, 3.8) is 0 Å². The minimum Gasteiger partial charge on any atom is -0.469 e. The molecule has 0 atom stereocenters. The van der Waals surface area contributed by atoms with Crippen LogP contribution in [-0.4, -0.2) is 34.6 Å². The number of carbonyl (C=O) groups excluding carboxylic acids is 1. The molecule has 0 bridgehead atoms. The van der Waals surface area contributed by atoms with E-state index in [1.54, 1.807) is 30.0 Å². The molecule has 0 aliphatic carbocycles. The first-order valence-electron chi connectivity index (χ1n) is 7.81. The Kier molecular flexibility index (Phi) is 4.66. The monoisotopic (exact) mass is 343 g/mol. The van der Waals surface area contributed by atoms with Crippen molar-refractivity contribution < 1.29 is 14.3 Å². The van der Waals surface area contributed by atoms with Crippen LogP contribution in [0.15, 0.2) is 41.0 Å². The third kappa shape index (κ3) is 3.64. The minimum atomic E-state index is -1.08. The lowest BCUT2D eigenvalue weighted by atomic mass is 9.91. The summed E-state index contributed by atoms with van der Waals surface area (Å²) in [5, 5.41) is 11.2. The number of hydrogen-bond donors (Lipinski definition) is 1. The minimum absolute atomic E-state index is 0.0638. The lowest BCUT2D eigenvalue weighted by molar-refractivity contribution is 0.0248. The summed E-state index contributed by atoms with van der Waals surface area (Å²) in [6.07, 6.45) is 2.35. The average molecular weight is 344 g/mol. The lowest BCUT2D eigenvalue weighted by Gasteiger charge is -2.35. The van der Waals surface area contributed by atoms with Crippen LogP contribution in [0.5, 0.6) is 0 Å². The number of likely N-dealkylation sites (tertiary alicyclic amines) is 1. The Labute approximate surface area is 146 Å². The molecule has 0 saturated carbocycles. The van der Waals surface area contributed by atoms with Gasteiger partial charge in [-0.1, -0.05) is 29.5 Å². The largest absolute Gasteiger partial charge is 0.469 e. The molecule has 24 heavy (non-hydrogen) atoms. The maximum absolute atomic E-state index is 12.4. The molecular weight excluding hydrogens is 326 g/mol. The van der Waals surface area contributed by atoms with Crippen LogP contribution in [0.1, 0.15) is 34.5 Å². The van der Waals surface area contributed by atoms with Crippen molar-refractivity contribution in [1.82, 2.24) is 4.90 Å². The van der Waals surface area contributed by atoms with Gasteiger partial charge in [-0.15, -0.1) is 0 Å². The third-order valence-electron chi connectivity index (χ3n) is 4.23. The fraction of sp³-hybridized carbons (Fsp3) is 0.316. The number of hydrogen-bond acceptors (Lipinski definition) is 3. The predicted octanol–water partition coefficient (Wildman–Crippen LogP) is 3.26. The van der Waals surface area contributed by atoms with E-state index >= 15 is 0 Å². The summed E-state index contributed by atoms with van der Waals surface area (Å²) in [6.45, 7) is 2.69. The number of aryl methyl sites for hydroxylation is 1. The molecule has 2 heterocycles. The Balaban J connectivity index is 1.66. The van der Waals surface area contributed by atoms with Gasteiger partial charge in [0.1, 0.15) is 11.4 Å². The number of furan rings is 1. The van der Waals surface area contributed by atoms with Gasteiger partial charge >= 0.3 is 0 Å². The second-order valence-corrected chi connectivity index (χ2v) is 6.41. The van der Waals surface area contributed by atoms with Crippen LogP contribution in [0, 0.1) is 18.8 Å². The first-order chi connectivity index (χ1) is 11.5. The van der Waals surface area contributed by atoms with E-state index in [-0.39, 0.29) is 5.91 Å². The average Bonchev–Trinajstić information content (AvgIpc) is 2.99. The molecule has 1 amide bonds. The molecule has 0 unspecified atom stereocenters. The molecule has 1 fully saturated rings. The van der Waals surface area contributed by atoms with Crippen LogP contribution >= 0.6 is 11.6 Å². The molecule has 5 heteroatoms. The van der Waals surface area contributed by atoms with E-state index < -0.39 is 5.60 Å². The Morgan fingerprint density at radius 1 is 1.33 bits per heavy atom. The molecule has 1 aromatic carbocycles. The molecule has 1 saturated heterocycles. The fourth-order valence-electron chi connectivity index (χ4n) is 2.74. The first kappa shape index (κ1) is 16.6. The zero-order chi connectivity index (χ0) is 17.2. The van der Waals surface area contributed by atoms with Crippen molar-refractivity contribution in [1.29, 1.82) is 0 Å². The Morgan fingerprint density at radius 3 is 2.71 bits per heavy atom. The van der Waals surface area contributed by atoms with E-state index in [4.69, 9.17) is 16.0 Å². The van der Waals surface area contributed by atoms with Crippen LogP contribution in [0.4, 0.5) is 0 Å². The van der Waals surface area contributed by atoms with Crippen molar-refractivity contribution in [2.24, 2.45) is 0 Å². The lowest BCUT2D eigenvalue weighted by Crippen LogP contribution is -2.46. The van der Waals surface area contributed by atoms with Gasteiger partial charge in [0.25, 0.3) is 5.91 Å². The summed E-state index contributed by atoms with van der Waals surface area (Å²) in [5.41, 5.74) is 0.263. The van der Waals surface area contributed by atoms with Crippen molar-refractivity contribution in [3.05, 3.63) is 58.5 Å². The van der Waals surface area contributed by atoms with Crippen LogP contribution in [-0.2, 0) is 0 Å². The second kappa shape index (κ2) is 6.72. The second-order valence-electron chi connectivity index (χ2n) is 5.97. The van der Waals surface area contributed by atoms with Gasteiger partial charge in [-0.2, -0.15) is 0 Å². The number of carbonyl (C=O) groups is 1. The van der Waals surface area contributed by atoms with Gasteiger partial charge in [0, 0.05) is 36.5 Å². The summed E-state index contributed by atoms with van der Waals surface area (Å²) in [6, 6.07) is 8.90. The molecule has 0 radical (unpaired) electrons. The van der Waals surface area contributed by atoms with Gasteiger partial charge in [0.05, 0.1) is 11.8 Å². The molecule has 1 aliphatic heterocycles. The highest BCUT2D eigenvalue weighted by Crippen LogP contribution is 2.24. The van der Waals surface area contributed by atoms with Gasteiger partial charge in [0.2, 0.25) is 0 Å². The molecule has 4 nitrogen and oxygen atoms in total. The van der Waals surface area contributed by atoms with Crippen molar-refractivity contribution in [2.75, 3.05) is 13.1 Å². The standard InChI is InChI=1S/C19H18ClNO3/c1-14-17(6-12-24-14)18(22)21-10-8-19(23,9-11-21)7-5-15-3-2-4-16(20)13-15/h2-4,6,12-13,23H,8-11H2,1H3. The van der Waals surface area contributed by atoms with E-state index in [1.165, 1.54) is 6.26 Å². The van der Waals surface area contributed by atoms with Gasteiger partial charge in [-0.05, 0) is 31.2 Å². The zero-order valence-corrected chi connectivity index (χ0v) is 14.1. The van der Waals surface area contributed by atoms with Crippen LogP contribution < -0.4 is 0 Å². The quantitative estimate of drug-likeness (QED) is 0.809. The summed E-state index contributed by atoms with van der Waals surface area (Å²) in [5.74, 6) is 6.46. The van der Waals surface area contributed by atoms with Gasteiger partial charge in [0.15, 0.2) is 0 Å². The van der Waals surface area contributed by atoms with E-state index in [1.807, 2.05) is 12.1 Å². The highest BCUT2D eigenvalue weighted by molar-refractivity contribution is 6.30. The van der Waals surface area contributed by atoms with E-state index in [9.17, 15) is 9.90 Å². The summed E-state index contributed by atoms with van der Waals surface area (Å²) in [4.78, 5) is 14.2. The van der Waals surface area contributed by atoms with Crippen LogP contribution in [0.25, 0.3) is 0 Å². The van der Waals surface area contributed by atoms with Crippen molar-refractivity contribution in [2.45, 2.75) is 25.4 Å². The van der Waals surface area contributed by atoms with Gasteiger partial charge in [-0.25, -0.2) is 0 Å². The molecule has 0 spiro atoms.